The Hall–Kier alpha value is -4.01. The monoisotopic (exact) mass is 540 g/mol. The third-order valence-corrected chi connectivity index (χ3v) is 7.68. The first-order chi connectivity index (χ1) is 18.9. The van der Waals surface area contributed by atoms with Crippen LogP contribution < -0.4 is 20.7 Å². The van der Waals surface area contributed by atoms with Crippen LogP contribution in [0, 0.1) is 13.8 Å². The van der Waals surface area contributed by atoms with Crippen LogP contribution in [0.25, 0.3) is 11.3 Å². The highest BCUT2D eigenvalue weighted by Gasteiger charge is 2.27. The summed E-state index contributed by atoms with van der Waals surface area (Å²) in [6.45, 7) is 5.76. The molecule has 3 N–H and O–H groups in total. The van der Waals surface area contributed by atoms with Gasteiger partial charge in [-0.25, -0.2) is 4.98 Å². The van der Waals surface area contributed by atoms with Gasteiger partial charge in [0.1, 0.15) is 5.75 Å². The molecular weight excluding hydrogens is 508 g/mol. The molecule has 1 aromatic heterocycles. The Kier molecular flexibility index (Phi) is 8.05. The second kappa shape index (κ2) is 11.8. The first-order valence-corrected chi connectivity index (χ1v) is 13.9. The van der Waals surface area contributed by atoms with Gasteiger partial charge in [-0.1, -0.05) is 36.4 Å². The predicted octanol–water partition coefficient (Wildman–Crippen LogP) is 5.54. The molecule has 0 saturated heterocycles. The summed E-state index contributed by atoms with van der Waals surface area (Å²) in [5.74, 6) is 0.632. The van der Waals surface area contributed by atoms with E-state index in [9.17, 15) is 9.59 Å². The van der Waals surface area contributed by atoms with Gasteiger partial charge >= 0.3 is 0 Å². The number of aromatic nitrogens is 1. The average molecular weight is 541 g/mol. The fourth-order valence-electron chi connectivity index (χ4n) is 4.80. The molecule has 3 aromatic carbocycles. The van der Waals surface area contributed by atoms with Crippen LogP contribution in [0.2, 0.25) is 0 Å². The lowest BCUT2D eigenvalue weighted by Crippen LogP contribution is -2.29. The van der Waals surface area contributed by atoms with E-state index in [-0.39, 0.29) is 18.2 Å². The van der Waals surface area contributed by atoms with Crippen molar-refractivity contribution < 1.29 is 14.3 Å². The van der Waals surface area contributed by atoms with E-state index in [1.165, 1.54) is 11.3 Å². The molecule has 0 spiro atoms. The number of nitrogens with one attached hydrogen (secondary N) is 1. The number of anilines is 2. The summed E-state index contributed by atoms with van der Waals surface area (Å²) in [5.41, 5.74) is 12.0. The van der Waals surface area contributed by atoms with Crippen LogP contribution >= 0.6 is 11.3 Å². The molecule has 8 heteroatoms. The first kappa shape index (κ1) is 26.6. The summed E-state index contributed by atoms with van der Waals surface area (Å²) < 4.78 is 5.69. The van der Waals surface area contributed by atoms with Crippen LogP contribution in [0.15, 0.2) is 66.7 Å². The van der Waals surface area contributed by atoms with E-state index in [2.05, 4.69) is 11.4 Å². The molecule has 5 rings (SSSR count). The maximum absolute atomic E-state index is 13.2. The fraction of sp³-hybridized carbons (Fsp3) is 0.258. The fourth-order valence-corrected chi connectivity index (χ4v) is 5.66. The number of hydrogen-bond donors (Lipinski definition) is 2. The summed E-state index contributed by atoms with van der Waals surface area (Å²) in [4.78, 5) is 33.6. The maximum atomic E-state index is 13.2. The van der Waals surface area contributed by atoms with Crippen molar-refractivity contribution in [1.29, 1.82) is 0 Å². The Morgan fingerprint density at radius 1 is 1.08 bits per heavy atom. The molecule has 0 aliphatic carbocycles. The summed E-state index contributed by atoms with van der Waals surface area (Å²) in [5, 5.41) is 3.52. The van der Waals surface area contributed by atoms with E-state index in [0.717, 1.165) is 62.7 Å². The van der Waals surface area contributed by atoms with E-state index in [1.807, 2.05) is 79.4 Å². The van der Waals surface area contributed by atoms with Gasteiger partial charge in [-0.2, -0.15) is 0 Å². The van der Waals surface area contributed by atoms with Crippen molar-refractivity contribution in [3.63, 3.8) is 0 Å². The number of ether oxygens (including phenoxy) is 1. The number of aryl methyl sites for hydroxylation is 2. The molecule has 0 unspecified atom stereocenters. The Labute approximate surface area is 232 Å². The van der Waals surface area contributed by atoms with Gasteiger partial charge in [0.15, 0.2) is 5.13 Å². The van der Waals surface area contributed by atoms with Crippen LogP contribution in [0.1, 0.15) is 38.3 Å². The number of nitrogens with two attached hydrogens (primary N) is 1. The zero-order chi connectivity index (χ0) is 27.4. The van der Waals surface area contributed by atoms with E-state index in [4.69, 9.17) is 15.5 Å². The van der Waals surface area contributed by atoms with Crippen LogP contribution in [0.3, 0.4) is 0 Å². The number of carbonyl (C=O) groups excluding carboxylic acids is 2. The number of nitrogens with zero attached hydrogens (tertiary/aromatic N) is 2. The summed E-state index contributed by atoms with van der Waals surface area (Å²) in [6.07, 6.45) is 1.80. The van der Waals surface area contributed by atoms with Crippen molar-refractivity contribution in [1.82, 2.24) is 4.98 Å². The number of rotatable bonds is 9. The molecule has 200 valence electrons. The lowest BCUT2D eigenvalue weighted by Gasteiger charge is -2.18. The minimum atomic E-state index is -0.131. The molecule has 1 aliphatic rings. The highest BCUT2D eigenvalue weighted by molar-refractivity contribution is 7.16. The van der Waals surface area contributed by atoms with Crippen LogP contribution in [0.5, 0.6) is 5.75 Å². The highest BCUT2D eigenvalue weighted by atomic mass is 32.1. The van der Waals surface area contributed by atoms with Gasteiger partial charge in [0.05, 0.1) is 18.7 Å². The highest BCUT2D eigenvalue weighted by Crippen LogP contribution is 2.36. The average Bonchev–Trinajstić information content (AvgIpc) is 3.51. The second-order valence-corrected chi connectivity index (χ2v) is 10.9. The minimum absolute atomic E-state index is 0.0297. The molecule has 0 bridgehead atoms. The normalized spacial score (nSPS) is 12.3. The van der Waals surface area contributed by atoms with Gasteiger partial charge in [0.25, 0.3) is 5.91 Å². The lowest BCUT2D eigenvalue weighted by molar-refractivity contribution is -0.115. The van der Waals surface area contributed by atoms with E-state index < -0.39 is 0 Å². The number of thiazole rings is 1. The molecule has 7 nitrogen and oxygen atoms in total. The first-order valence-electron chi connectivity index (χ1n) is 13.1. The Morgan fingerprint density at radius 2 is 1.92 bits per heavy atom. The number of fused-ring (bicyclic) bond motifs is 1. The number of hydrogen-bond acceptors (Lipinski definition) is 6. The largest absolute Gasteiger partial charge is 0.494 e. The molecule has 4 aromatic rings. The van der Waals surface area contributed by atoms with Crippen molar-refractivity contribution >= 4 is 34.0 Å². The van der Waals surface area contributed by atoms with Crippen molar-refractivity contribution in [3.05, 3.63) is 93.9 Å². The Morgan fingerprint density at radius 3 is 2.74 bits per heavy atom. The van der Waals surface area contributed by atoms with Crippen molar-refractivity contribution in [3.8, 4) is 17.0 Å². The van der Waals surface area contributed by atoms with E-state index >= 15 is 0 Å². The van der Waals surface area contributed by atoms with Crippen LogP contribution in [0.4, 0.5) is 10.8 Å². The minimum Gasteiger partial charge on any atom is -0.494 e. The topological polar surface area (TPSA) is 97.5 Å². The zero-order valence-electron chi connectivity index (χ0n) is 22.2. The van der Waals surface area contributed by atoms with Crippen molar-refractivity contribution in [2.45, 2.75) is 33.1 Å². The van der Waals surface area contributed by atoms with Crippen molar-refractivity contribution in [2.24, 2.45) is 5.73 Å². The molecular formula is C31H32N4O3S. The number of benzene rings is 3. The quantitative estimate of drug-likeness (QED) is 0.272. The van der Waals surface area contributed by atoms with Gasteiger partial charge in [-0.3, -0.25) is 9.59 Å². The van der Waals surface area contributed by atoms with Gasteiger partial charge in [-0.15, -0.1) is 11.3 Å². The van der Waals surface area contributed by atoms with Gasteiger partial charge < -0.3 is 20.7 Å². The summed E-state index contributed by atoms with van der Waals surface area (Å²) in [7, 11) is 0. The Balaban J connectivity index is 1.26. The standard InChI is InChI=1S/C31H32N4O3S/c1-20-7-3-4-10-26(20)30(37)35-15-13-23-19-24(11-12-27(23)35)29-21(2)39-31(34-29)33-28(36)18-22-8-5-9-25(17-22)38-16-6-14-32/h3-5,7-12,17,19H,6,13-16,18,32H2,1-2H3,(H,33,34,36). The third-order valence-electron chi connectivity index (χ3n) is 6.79. The van der Waals surface area contributed by atoms with Gasteiger partial charge in [0.2, 0.25) is 5.91 Å². The van der Waals surface area contributed by atoms with Gasteiger partial charge in [-0.05, 0) is 80.3 Å². The molecule has 39 heavy (non-hydrogen) atoms. The Bertz CT molecular complexity index is 1510. The van der Waals surface area contributed by atoms with E-state index in [1.54, 1.807) is 0 Å². The molecule has 0 radical (unpaired) electrons. The van der Waals surface area contributed by atoms with Crippen LogP contribution in [-0.4, -0.2) is 36.5 Å². The molecule has 2 heterocycles. The SMILES string of the molecule is Cc1ccccc1C(=O)N1CCc2cc(-c3nc(NC(=O)Cc4cccc(OCCCN)c4)sc3C)ccc21. The smallest absolute Gasteiger partial charge is 0.258 e. The van der Waals surface area contributed by atoms with Gasteiger partial charge in [0, 0.05) is 28.2 Å². The third kappa shape index (κ3) is 6.02. The second-order valence-electron chi connectivity index (χ2n) is 9.65. The summed E-state index contributed by atoms with van der Waals surface area (Å²) in [6, 6.07) is 21.4. The lowest BCUT2D eigenvalue weighted by atomic mass is 10.0. The number of carbonyl (C=O) groups is 2. The van der Waals surface area contributed by atoms with Crippen molar-refractivity contribution in [2.75, 3.05) is 29.9 Å². The molecule has 2 amide bonds. The van der Waals surface area contributed by atoms with Crippen LogP contribution in [-0.2, 0) is 17.6 Å². The maximum Gasteiger partial charge on any atom is 0.258 e. The molecule has 0 saturated carbocycles. The predicted molar refractivity (Wildman–Crippen MR) is 157 cm³/mol. The summed E-state index contributed by atoms with van der Waals surface area (Å²) >= 11 is 1.46. The zero-order valence-corrected chi connectivity index (χ0v) is 23.0. The molecule has 0 fully saturated rings. The van der Waals surface area contributed by atoms with E-state index in [0.29, 0.717) is 24.8 Å². The molecule has 1 aliphatic heterocycles. The number of amides is 2. The molecule has 0 atom stereocenters.